The van der Waals surface area contributed by atoms with Crippen LogP contribution in [0.4, 0.5) is 0 Å². The molecule has 36 heavy (non-hydrogen) atoms. The summed E-state index contributed by atoms with van der Waals surface area (Å²) in [5, 5.41) is 4.26. The van der Waals surface area contributed by atoms with Crippen LogP contribution in [-0.2, 0) is 0 Å². The van der Waals surface area contributed by atoms with Crippen LogP contribution in [0.15, 0.2) is 91.4 Å². The number of rotatable bonds is 3. The fourth-order valence-electron chi connectivity index (χ4n) is 4.70. The monoisotopic (exact) mass is 629 g/mol. The average Bonchev–Trinajstić information content (AvgIpc) is 3.71. The van der Waals surface area contributed by atoms with Crippen molar-refractivity contribution in [2.45, 2.75) is 0 Å². The van der Waals surface area contributed by atoms with E-state index in [9.17, 15) is 0 Å². The van der Waals surface area contributed by atoms with Gasteiger partial charge in [-0.05, 0) is 0 Å². The van der Waals surface area contributed by atoms with Crippen molar-refractivity contribution in [3.63, 3.8) is 0 Å². The van der Waals surface area contributed by atoms with Crippen LogP contribution in [0.25, 0.3) is 69.6 Å². The number of benzene rings is 1. The van der Waals surface area contributed by atoms with Gasteiger partial charge in [-0.3, -0.25) is 0 Å². The zero-order valence-corrected chi connectivity index (χ0v) is 23.7. The van der Waals surface area contributed by atoms with Gasteiger partial charge in [-0.15, -0.1) is 0 Å². The van der Waals surface area contributed by atoms with Crippen molar-refractivity contribution in [1.29, 1.82) is 0 Å². The van der Waals surface area contributed by atoms with Gasteiger partial charge in [0.05, 0.1) is 0 Å². The van der Waals surface area contributed by atoms with Crippen molar-refractivity contribution < 1.29 is 0 Å². The SMILES string of the molecule is c1ccc(-c2cc3sc4c5cc(-c6ccccn6)[se]c5c5[se]c(-c6ccccn6)cc5c4c3s2)nc1. The molecule has 7 heterocycles. The zero-order valence-electron chi connectivity index (χ0n) is 18.6. The molecule has 0 atom stereocenters. The molecule has 0 saturated carbocycles. The molecule has 3 nitrogen and oxygen atoms in total. The molecule has 0 aliphatic rings. The van der Waals surface area contributed by atoms with Crippen LogP contribution in [0.1, 0.15) is 0 Å². The molecule has 8 rings (SSSR count). The average molecular weight is 628 g/mol. The van der Waals surface area contributed by atoms with E-state index in [2.05, 4.69) is 64.6 Å². The molecule has 0 radical (unpaired) electrons. The maximum absolute atomic E-state index is 4.70. The van der Waals surface area contributed by atoms with Gasteiger partial charge in [0.15, 0.2) is 0 Å². The molecule has 7 aromatic heterocycles. The summed E-state index contributed by atoms with van der Waals surface area (Å²) in [6.45, 7) is 0. The summed E-state index contributed by atoms with van der Waals surface area (Å²) in [4.78, 5) is 15.2. The second-order valence-electron chi connectivity index (χ2n) is 8.46. The molecule has 0 spiro atoms. The van der Waals surface area contributed by atoms with Crippen LogP contribution in [0.3, 0.4) is 0 Å². The summed E-state index contributed by atoms with van der Waals surface area (Å²) in [5.74, 6) is 0. The van der Waals surface area contributed by atoms with Gasteiger partial charge >= 0.3 is 228 Å². The molecule has 0 unspecified atom stereocenters. The van der Waals surface area contributed by atoms with Gasteiger partial charge in [0.1, 0.15) is 0 Å². The van der Waals surface area contributed by atoms with Crippen molar-refractivity contribution in [2.75, 3.05) is 0 Å². The van der Waals surface area contributed by atoms with Crippen LogP contribution in [-0.4, -0.2) is 44.0 Å². The third kappa shape index (κ3) is 3.25. The topological polar surface area (TPSA) is 38.7 Å². The predicted octanol–water partition coefficient (Wildman–Crippen LogP) is 7.72. The van der Waals surface area contributed by atoms with Crippen molar-refractivity contribution in [2.24, 2.45) is 0 Å². The number of aromatic nitrogens is 3. The Morgan fingerprint density at radius 1 is 0.556 bits per heavy atom. The first-order valence-electron chi connectivity index (χ1n) is 11.4. The summed E-state index contributed by atoms with van der Waals surface area (Å²) in [5.41, 5.74) is 3.26. The van der Waals surface area contributed by atoms with Crippen LogP contribution in [0.5, 0.6) is 0 Å². The van der Waals surface area contributed by atoms with E-state index in [4.69, 9.17) is 4.98 Å². The fraction of sp³-hybridized carbons (Fsp3) is 0. The van der Waals surface area contributed by atoms with Gasteiger partial charge in [0.25, 0.3) is 0 Å². The Morgan fingerprint density at radius 3 is 1.75 bits per heavy atom. The number of thiophene rings is 2. The molecular formula is C29H15N3S2Se2. The molecule has 7 heteroatoms. The van der Waals surface area contributed by atoms with Crippen molar-refractivity contribution in [3.05, 3.63) is 91.4 Å². The number of hydrogen-bond donors (Lipinski definition) is 0. The van der Waals surface area contributed by atoms with Gasteiger partial charge in [-0.2, -0.15) is 0 Å². The van der Waals surface area contributed by atoms with Gasteiger partial charge in [-0.25, -0.2) is 0 Å². The van der Waals surface area contributed by atoms with E-state index in [0.29, 0.717) is 0 Å². The minimum absolute atomic E-state index is 0.229. The van der Waals surface area contributed by atoms with Crippen LogP contribution >= 0.6 is 22.7 Å². The van der Waals surface area contributed by atoms with Crippen molar-refractivity contribution in [1.82, 2.24) is 15.0 Å². The van der Waals surface area contributed by atoms with Gasteiger partial charge in [0, 0.05) is 0 Å². The van der Waals surface area contributed by atoms with E-state index >= 15 is 0 Å². The van der Waals surface area contributed by atoms with E-state index < -0.39 is 0 Å². The summed E-state index contributed by atoms with van der Waals surface area (Å²) >= 11 is 4.28. The van der Waals surface area contributed by atoms with E-state index in [1.165, 1.54) is 44.0 Å². The number of hydrogen-bond acceptors (Lipinski definition) is 5. The summed E-state index contributed by atoms with van der Waals surface area (Å²) in [6.07, 6.45) is 5.68. The van der Waals surface area contributed by atoms with Crippen LogP contribution < -0.4 is 0 Å². The van der Waals surface area contributed by atoms with Crippen LogP contribution in [0.2, 0.25) is 0 Å². The Kier molecular flexibility index (Phi) is 4.90. The van der Waals surface area contributed by atoms with Crippen LogP contribution in [0, 0.1) is 0 Å². The zero-order chi connectivity index (χ0) is 23.6. The molecule has 0 aliphatic carbocycles. The maximum atomic E-state index is 4.70. The van der Waals surface area contributed by atoms with Gasteiger partial charge in [0.2, 0.25) is 0 Å². The second-order valence-corrected chi connectivity index (χ2v) is 15.0. The van der Waals surface area contributed by atoms with Crippen molar-refractivity contribution >= 4 is 90.5 Å². The third-order valence-corrected chi connectivity index (χ3v) is 14.4. The molecule has 8 aromatic rings. The second kappa shape index (κ2) is 8.32. The van der Waals surface area contributed by atoms with E-state index in [0.717, 1.165) is 17.1 Å². The molecule has 0 saturated heterocycles. The molecule has 0 N–H and O–H groups in total. The molecule has 0 aliphatic heterocycles. The minimum atomic E-state index is 0.229. The Labute approximate surface area is 226 Å². The summed E-state index contributed by atoms with van der Waals surface area (Å²) in [7, 11) is 0. The first-order valence-corrected chi connectivity index (χ1v) is 16.5. The molecule has 170 valence electrons. The Morgan fingerprint density at radius 2 is 1.14 bits per heavy atom. The van der Waals surface area contributed by atoms with E-state index in [1.807, 2.05) is 59.5 Å². The summed E-state index contributed by atoms with van der Waals surface area (Å²) < 4.78 is 9.99. The Bertz CT molecular complexity index is 2040. The molecule has 0 bridgehead atoms. The van der Waals surface area contributed by atoms with Gasteiger partial charge < -0.3 is 0 Å². The fourth-order valence-corrected chi connectivity index (χ4v) is 13.0. The molecule has 0 amide bonds. The quantitative estimate of drug-likeness (QED) is 0.188. The number of pyridine rings is 3. The molecular weight excluding hydrogens is 612 g/mol. The molecule has 1 aromatic carbocycles. The standard InChI is InChI=1S/C29H15N3S2Se2/c1-4-10-30-18(7-1)21-15-22-27(33-21)25-16-13-23(19-8-2-5-11-31-19)35-28(16)29-17(26(25)34-22)14-24(36-29)20-9-3-6-12-32-20/h1-15H. The normalized spacial score (nSPS) is 11.9. The first-order chi connectivity index (χ1) is 17.8. The Balaban J connectivity index is 1.48. The van der Waals surface area contributed by atoms with Gasteiger partial charge in [-0.1, -0.05) is 0 Å². The first kappa shape index (κ1) is 21.2. The number of fused-ring (bicyclic) bond motifs is 8. The number of nitrogens with zero attached hydrogens (tertiary/aromatic N) is 3. The molecule has 0 fully saturated rings. The van der Waals surface area contributed by atoms with E-state index in [1.54, 1.807) is 8.52 Å². The Hall–Kier alpha value is -2.89. The van der Waals surface area contributed by atoms with Crippen molar-refractivity contribution in [3.8, 4) is 30.8 Å². The predicted molar refractivity (Wildman–Crippen MR) is 156 cm³/mol. The summed E-state index contributed by atoms with van der Waals surface area (Å²) in [6, 6.07) is 25.8. The van der Waals surface area contributed by atoms with E-state index in [-0.39, 0.29) is 29.0 Å². The third-order valence-electron chi connectivity index (χ3n) is 6.30.